The molecule has 0 aliphatic heterocycles. The molecule has 86 valence electrons. The summed E-state index contributed by atoms with van der Waals surface area (Å²) < 4.78 is 6.98. The summed E-state index contributed by atoms with van der Waals surface area (Å²) in [7, 11) is 0. The molecule has 0 saturated heterocycles. The van der Waals surface area contributed by atoms with Crippen LogP contribution in [0.2, 0.25) is 0 Å². The minimum absolute atomic E-state index is 0.944. The molecule has 0 atom stereocenters. The largest absolute Gasteiger partial charge is 0.456 e. The van der Waals surface area contributed by atoms with E-state index in [0.29, 0.717) is 0 Å². The molecular formula is C16H9BrO. The van der Waals surface area contributed by atoms with Crippen LogP contribution in [0.1, 0.15) is 0 Å². The Hall–Kier alpha value is -1.80. The molecule has 0 fully saturated rings. The number of benzene rings is 3. The highest BCUT2D eigenvalue weighted by molar-refractivity contribution is 9.10. The van der Waals surface area contributed by atoms with Crippen molar-refractivity contribution in [1.29, 1.82) is 0 Å². The number of hydrogen-bond acceptors (Lipinski definition) is 1. The summed E-state index contributed by atoms with van der Waals surface area (Å²) in [5.74, 6) is 0. The molecule has 0 spiro atoms. The number of rotatable bonds is 0. The molecule has 0 N–H and O–H groups in total. The Balaban J connectivity index is 2.35. The van der Waals surface area contributed by atoms with E-state index in [-0.39, 0.29) is 0 Å². The number of hydrogen-bond donors (Lipinski definition) is 0. The van der Waals surface area contributed by atoms with Gasteiger partial charge >= 0.3 is 0 Å². The van der Waals surface area contributed by atoms with Gasteiger partial charge in [0.2, 0.25) is 0 Å². The van der Waals surface area contributed by atoms with E-state index in [1.54, 1.807) is 0 Å². The van der Waals surface area contributed by atoms with Gasteiger partial charge in [-0.1, -0.05) is 46.3 Å². The van der Waals surface area contributed by atoms with Gasteiger partial charge in [-0.15, -0.1) is 0 Å². The molecule has 0 amide bonds. The van der Waals surface area contributed by atoms with Crippen LogP contribution in [0.3, 0.4) is 0 Å². The van der Waals surface area contributed by atoms with Gasteiger partial charge in [-0.05, 0) is 35.0 Å². The van der Waals surface area contributed by atoms with E-state index in [1.165, 1.54) is 21.5 Å². The fourth-order valence-electron chi connectivity index (χ4n) is 2.52. The molecular weight excluding hydrogens is 288 g/mol. The Bertz CT molecular complexity index is 889. The van der Waals surface area contributed by atoms with Crippen LogP contribution in [0.15, 0.2) is 63.5 Å². The van der Waals surface area contributed by atoms with Crippen molar-refractivity contribution in [1.82, 2.24) is 0 Å². The zero-order chi connectivity index (χ0) is 12.1. The minimum atomic E-state index is 0.944. The quantitative estimate of drug-likeness (QED) is 0.417. The van der Waals surface area contributed by atoms with Crippen molar-refractivity contribution >= 4 is 48.6 Å². The lowest BCUT2D eigenvalue weighted by Gasteiger charge is -2.00. The van der Waals surface area contributed by atoms with Crippen LogP contribution in [0.25, 0.3) is 32.7 Å². The van der Waals surface area contributed by atoms with Crippen molar-refractivity contribution in [3.63, 3.8) is 0 Å². The summed E-state index contributed by atoms with van der Waals surface area (Å²) in [6, 6.07) is 18.7. The first-order chi connectivity index (χ1) is 8.83. The molecule has 0 aliphatic carbocycles. The smallest absolute Gasteiger partial charge is 0.136 e. The van der Waals surface area contributed by atoms with E-state index in [1.807, 2.05) is 24.3 Å². The van der Waals surface area contributed by atoms with Crippen molar-refractivity contribution in [3.8, 4) is 0 Å². The normalized spacial score (nSPS) is 11.6. The van der Waals surface area contributed by atoms with Crippen LogP contribution >= 0.6 is 15.9 Å². The molecule has 0 aliphatic rings. The molecule has 3 aromatic carbocycles. The summed E-state index contributed by atoms with van der Waals surface area (Å²) in [5, 5.41) is 4.84. The van der Waals surface area contributed by atoms with Crippen molar-refractivity contribution in [2.45, 2.75) is 0 Å². The molecule has 2 heteroatoms. The molecule has 1 nitrogen and oxygen atoms in total. The predicted molar refractivity (Wildman–Crippen MR) is 78.9 cm³/mol. The molecule has 0 radical (unpaired) electrons. The van der Waals surface area contributed by atoms with Crippen LogP contribution in [0.4, 0.5) is 0 Å². The van der Waals surface area contributed by atoms with Crippen molar-refractivity contribution in [3.05, 3.63) is 59.1 Å². The number of halogens is 1. The first kappa shape index (κ1) is 10.2. The lowest BCUT2D eigenvalue weighted by molar-refractivity contribution is 0.669. The van der Waals surface area contributed by atoms with Gasteiger partial charge in [-0.3, -0.25) is 0 Å². The Labute approximate surface area is 112 Å². The maximum atomic E-state index is 5.89. The summed E-state index contributed by atoms with van der Waals surface area (Å²) in [6.07, 6.45) is 0. The second-order valence-electron chi connectivity index (χ2n) is 4.40. The third-order valence-electron chi connectivity index (χ3n) is 3.32. The zero-order valence-electron chi connectivity index (χ0n) is 9.48. The Morgan fingerprint density at radius 3 is 2.56 bits per heavy atom. The Morgan fingerprint density at radius 2 is 1.61 bits per heavy atom. The van der Waals surface area contributed by atoms with Gasteiger partial charge in [-0.25, -0.2) is 0 Å². The van der Waals surface area contributed by atoms with Crippen LogP contribution in [0.5, 0.6) is 0 Å². The van der Waals surface area contributed by atoms with E-state index in [0.717, 1.165) is 15.6 Å². The second-order valence-corrected chi connectivity index (χ2v) is 5.32. The average Bonchev–Trinajstić information content (AvgIpc) is 2.77. The standard InChI is InChI=1S/C16H9BrO/c17-11-7-5-10-6-8-15-16(13(10)9-11)12-3-1-2-4-14(12)18-15/h1-9H. The fraction of sp³-hybridized carbons (Fsp3) is 0. The molecule has 0 saturated carbocycles. The summed E-state index contributed by atoms with van der Waals surface area (Å²) >= 11 is 3.54. The molecule has 1 heterocycles. The molecule has 18 heavy (non-hydrogen) atoms. The third kappa shape index (κ3) is 1.33. The number of furan rings is 1. The minimum Gasteiger partial charge on any atom is -0.456 e. The van der Waals surface area contributed by atoms with Crippen LogP contribution in [-0.4, -0.2) is 0 Å². The van der Waals surface area contributed by atoms with Gasteiger partial charge in [0.1, 0.15) is 11.2 Å². The van der Waals surface area contributed by atoms with Gasteiger partial charge in [0.05, 0.1) is 0 Å². The summed E-state index contributed by atoms with van der Waals surface area (Å²) in [5.41, 5.74) is 1.89. The Morgan fingerprint density at radius 1 is 0.778 bits per heavy atom. The first-order valence-electron chi connectivity index (χ1n) is 5.82. The van der Waals surface area contributed by atoms with Gasteiger partial charge in [0.25, 0.3) is 0 Å². The van der Waals surface area contributed by atoms with Crippen LogP contribution < -0.4 is 0 Å². The van der Waals surface area contributed by atoms with Gasteiger partial charge in [0.15, 0.2) is 0 Å². The Kier molecular flexibility index (Phi) is 2.03. The van der Waals surface area contributed by atoms with E-state index >= 15 is 0 Å². The highest BCUT2D eigenvalue weighted by Gasteiger charge is 2.09. The van der Waals surface area contributed by atoms with Gasteiger partial charge in [0, 0.05) is 15.2 Å². The zero-order valence-corrected chi connectivity index (χ0v) is 11.1. The predicted octanol–water partition coefficient (Wildman–Crippen LogP) is 5.50. The molecule has 4 aromatic rings. The monoisotopic (exact) mass is 296 g/mol. The van der Waals surface area contributed by atoms with E-state index in [9.17, 15) is 0 Å². The fourth-order valence-corrected chi connectivity index (χ4v) is 2.88. The topological polar surface area (TPSA) is 13.1 Å². The lowest BCUT2D eigenvalue weighted by Crippen LogP contribution is -1.74. The van der Waals surface area contributed by atoms with Crippen molar-refractivity contribution in [2.75, 3.05) is 0 Å². The van der Waals surface area contributed by atoms with E-state index < -0.39 is 0 Å². The van der Waals surface area contributed by atoms with E-state index in [2.05, 4.69) is 46.3 Å². The summed E-state index contributed by atoms with van der Waals surface area (Å²) in [4.78, 5) is 0. The summed E-state index contributed by atoms with van der Waals surface area (Å²) in [6.45, 7) is 0. The molecule has 0 unspecified atom stereocenters. The first-order valence-corrected chi connectivity index (χ1v) is 6.62. The average molecular weight is 297 g/mol. The molecule has 4 rings (SSSR count). The van der Waals surface area contributed by atoms with Gasteiger partial charge < -0.3 is 4.42 Å². The molecule has 1 aromatic heterocycles. The van der Waals surface area contributed by atoms with Crippen LogP contribution in [-0.2, 0) is 0 Å². The van der Waals surface area contributed by atoms with Crippen LogP contribution in [0, 0.1) is 0 Å². The number of fused-ring (bicyclic) bond motifs is 5. The second kappa shape index (κ2) is 3.59. The highest BCUT2D eigenvalue weighted by atomic mass is 79.9. The van der Waals surface area contributed by atoms with Crippen molar-refractivity contribution < 1.29 is 4.42 Å². The van der Waals surface area contributed by atoms with Crippen molar-refractivity contribution in [2.24, 2.45) is 0 Å². The third-order valence-corrected chi connectivity index (χ3v) is 3.81. The maximum absolute atomic E-state index is 5.89. The SMILES string of the molecule is Brc1ccc2ccc3oc4ccccc4c3c2c1. The maximum Gasteiger partial charge on any atom is 0.136 e. The lowest BCUT2D eigenvalue weighted by atomic mass is 10.0. The van der Waals surface area contributed by atoms with Gasteiger partial charge in [-0.2, -0.15) is 0 Å². The highest BCUT2D eigenvalue weighted by Crippen LogP contribution is 2.35. The number of para-hydroxylation sites is 1. The van der Waals surface area contributed by atoms with E-state index in [4.69, 9.17) is 4.42 Å². The molecule has 0 bridgehead atoms.